The van der Waals surface area contributed by atoms with Crippen molar-refractivity contribution in [1.82, 2.24) is 9.97 Å². The van der Waals surface area contributed by atoms with Crippen molar-refractivity contribution in [3.63, 3.8) is 0 Å². The van der Waals surface area contributed by atoms with Gasteiger partial charge in [0.25, 0.3) is 0 Å². The third-order valence-corrected chi connectivity index (χ3v) is 4.43. The van der Waals surface area contributed by atoms with Crippen LogP contribution in [0.4, 0.5) is 5.13 Å². The molecule has 2 heterocycles. The average Bonchev–Trinajstić information content (AvgIpc) is 2.97. The first-order valence-corrected chi connectivity index (χ1v) is 7.88. The van der Waals surface area contributed by atoms with Crippen LogP contribution < -0.4 is 5.32 Å². The van der Waals surface area contributed by atoms with E-state index in [1.807, 2.05) is 17.5 Å². The molecule has 0 aliphatic heterocycles. The maximum atomic E-state index is 12.2. The lowest BCUT2D eigenvalue weighted by Gasteiger charge is -2.19. The number of pyridine rings is 1. The van der Waals surface area contributed by atoms with Gasteiger partial charge in [0.05, 0.1) is 5.69 Å². The van der Waals surface area contributed by atoms with Crippen LogP contribution in [0.15, 0.2) is 29.9 Å². The molecule has 1 saturated carbocycles. The number of carbonyl (C=O) groups is 1. The quantitative estimate of drug-likeness (QED) is 0.936. The molecule has 2 aromatic rings. The number of amides is 1. The van der Waals surface area contributed by atoms with E-state index in [0.29, 0.717) is 5.13 Å². The summed E-state index contributed by atoms with van der Waals surface area (Å²) < 4.78 is 0. The number of thiazole rings is 1. The van der Waals surface area contributed by atoms with E-state index in [1.165, 1.54) is 17.8 Å². The Kier molecular flexibility index (Phi) is 4.06. The fraction of sp³-hybridized carbons (Fsp3) is 0.400. The molecule has 2 aromatic heterocycles. The zero-order valence-electron chi connectivity index (χ0n) is 11.2. The maximum absolute atomic E-state index is 12.2. The summed E-state index contributed by atoms with van der Waals surface area (Å²) in [6, 6.07) is 3.85. The van der Waals surface area contributed by atoms with Gasteiger partial charge in [-0.2, -0.15) is 0 Å². The van der Waals surface area contributed by atoms with Gasteiger partial charge in [0.15, 0.2) is 5.13 Å². The second kappa shape index (κ2) is 6.13. The van der Waals surface area contributed by atoms with Gasteiger partial charge in [0, 0.05) is 29.3 Å². The van der Waals surface area contributed by atoms with Crippen LogP contribution in [-0.4, -0.2) is 15.9 Å². The third-order valence-electron chi connectivity index (χ3n) is 3.67. The van der Waals surface area contributed by atoms with E-state index < -0.39 is 0 Å². The molecule has 0 radical (unpaired) electrons. The summed E-state index contributed by atoms with van der Waals surface area (Å²) in [6.07, 6.45) is 9.11. The Hall–Kier alpha value is -1.75. The van der Waals surface area contributed by atoms with Gasteiger partial charge in [-0.1, -0.05) is 19.3 Å². The van der Waals surface area contributed by atoms with Crippen LogP contribution in [0.2, 0.25) is 0 Å². The number of nitrogens with one attached hydrogen (secondary N) is 1. The van der Waals surface area contributed by atoms with E-state index in [9.17, 15) is 4.79 Å². The molecule has 0 saturated heterocycles. The second-order valence-corrected chi connectivity index (χ2v) is 5.96. The maximum Gasteiger partial charge on any atom is 0.229 e. The molecule has 1 N–H and O–H groups in total. The van der Waals surface area contributed by atoms with Crippen molar-refractivity contribution in [3.05, 3.63) is 29.9 Å². The fourth-order valence-corrected chi connectivity index (χ4v) is 3.27. The lowest BCUT2D eigenvalue weighted by molar-refractivity contribution is -0.120. The SMILES string of the molecule is O=C(Nc1nc(-c2cccnc2)cs1)C1CCCCC1. The molecule has 1 aliphatic rings. The fourth-order valence-electron chi connectivity index (χ4n) is 2.55. The van der Waals surface area contributed by atoms with Crippen molar-refractivity contribution in [2.24, 2.45) is 5.92 Å². The Morgan fingerprint density at radius 1 is 1.30 bits per heavy atom. The second-order valence-electron chi connectivity index (χ2n) is 5.10. The third kappa shape index (κ3) is 3.04. The van der Waals surface area contributed by atoms with Crippen LogP contribution in [-0.2, 0) is 4.79 Å². The van der Waals surface area contributed by atoms with Gasteiger partial charge in [0.1, 0.15) is 0 Å². The summed E-state index contributed by atoms with van der Waals surface area (Å²) in [5, 5.41) is 5.58. The first-order valence-electron chi connectivity index (χ1n) is 7.00. The van der Waals surface area contributed by atoms with E-state index in [1.54, 1.807) is 12.4 Å². The van der Waals surface area contributed by atoms with Crippen molar-refractivity contribution in [2.75, 3.05) is 5.32 Å². The van der Waals surface area contributed by atoms with Crippen molar-refractivity contribution in [3.8, 4) is 11.3 Å². The standard InChI is InChI=1S/C15H17N3OS/c19-14(11-5-2-1-3-6-11)18-15-17-13(10-20-15)12-7-4-8-16-9-12/h4,7-11H,1-3,5-6H2,(H,17,18,19). The Balaban J connectivity index is 1.66. The number of rotatable bonds is 3. The first-order chi connectivity index (χ1) is 9.83. The highest BCUT2D eigenvalue weighted by molar-refractivity contribution is 7.14. The zero-order valence-corrected chi connectivity index (χ0v) is 12.0. The topological polar surface area (TPSA) is 54.9 Å². The van der Waals surface area contributed by atoms with E-state index >= 15 is 0 Å². The van der Waals surface area contributed by atoms with Gasteiger partial charge in [0.2, 0.25) is 5.91 Å². The summed E-state index contributed by atoms with van der Waals surface area (Å²) in [5.74, 6) is 0.284. The molecule has 5 heteroatoms. The molecule has 1 aliphatic carbocycles. The molecule has 0 bridgehead atoms. The minimum Gasteiger partial charge on any atom is -0.302 e. The number of carbonyl (C=O) groups excluding carboxylic acids is 1. The zero-order chi connectivity index (χ0) is 13.8. The normalized spacial score (nSPS) is 16.0. The lowest BCUT2D eigenvalue weighted by Crippen LogP contribution is -2.24. The van der Waals surface area contributed by atoms with Crippen LogP contribution in [0.5, 0.6) is 0 Å². The molecule has 0 spiro atoms. The molecular formula is C15H17N3OS. The largest absolute Gasteiger partial charge is 0.302 e. The summed E-state index contributed by atoms with van der Waals surface area (Å²) in [6.45, 7) is 0. The van der Waals surface area contributed by atoms with Crippen LogP contribution >= 0.6 is 11.3 Å². The number of nitrogens with zero attached hydrogens (tertiary/aromatic N) is 2. The molecular weight excluding hydrogens is 270 g/mol. The predicted octanol–water partition coefficient (Wildman–Crippen LogP) is 3.72. The monoisotopic (exact) mass is 287 g/mol. The first kappa shape index (κ1) is 13.2. The minimum atomic E-state index is 0.122. The molecule has 0 unspecified atom stereocenters. The Bertz CT molecular complexity index is 576. The van der Waals surface area contributed by atoms with Crippen molar-refractivity contribution >= 4 is 22.4 Å². The summed E-state index contributed by atoms with van der Waals surface area (Å²) in [4.78, 5) is 20.7. The van der Waals surface area contributed by atoms with Crippen LogP contribution in [0.25, 0.3) is 11.3 Å². The molecule has 20 heavy (non-hydrogen) atoms. The molecule has 3 rings (SSSR count). The number of hydrogen-bond acceptors (Lipinski definition) is 4. The molecule has 0 aromatic carbocycles. The lowest BCUT2D eigenvalue weighted by atomic mass is 9.89. The summed E-state index contributed by atoms with van der Waals surface area (Å²) in [7, 11) is 0. The number of aromatic nitrogens is 2. The number of anilines is 1. The molecule has 1 fully saturated rings. The van der Waals surface area contributed by atoms with Gasteiger partial charge in [-0.15, -0.1) is 11.3 Å². The Morgan fingerprint density at radius 2 is 2.15 bits per heavy atom. The molecule has 0 atom stereocenters. The van der Waals surface area contributed by atoms with E-state index in [-0.39, 0.29) is 11.8 Å². The Morgan fingerprint density at radius 3 is 2.90 bits per heavy atom. The molecule has 104 valence electrons. The summed E-state index contributed by atoms with van der Waals surface area (Å²) in [5.41, 5.74) is 1.84. The van der Waals surface area contributed by atoms with Crippen LogP contribution in [0.1, 0.15) is 32.1 Å². The molecule has 1 amide bonds. The number of hydrogen-bond donors (Lipinski definition) is 1. The van der Waals surface area contributed by atoms with E-state index in [4.69, 9.17) is 0 Å². The van der Waals surface area contributed by atoms with Crippen LogP contribution in [0.3, 0.4) is 0 Å². The van der Waals surface area contributed by atoms with E-state index in [2.05, 4.69) is 15.3 Å². The highest BCUT2D eigenvalue weighted by atomic mass is 32.1. The van der Waals surface area contributed by atoms with Gasteiger partial charge in [-0.25, -0.2) is 4.98 Å². The van der Waals surface area contributed by atoms with Crippen LogP contribution in [0, 0.1) is 5.92 Å². The van der Waals surface area contributed by atoms with Gasteiger partial charge >= 0.3 is 0 Å². The highest BCUT2D eigenvalue weighted by Crippen LogP contribution is 2.27. The van der Waals surface area contributed by atoms with Crippen molar-refractivity contribution in [1.29, 1.82) is 0 Å². The Labute approximate surface area is 122 Å². The van der Waals surface area contributed by atoms with Gasteiger partial charge in [-0.3, -0.25) is 9.78 Å². The van der Waals surface area contributed by atoms with Crippen molar-refractivity contribution < 1.29 is 4.79 Å². The molecule has 4 nitrogen and oxygen atoms in total. The smallest absolute Gasteiger partial charge is 0.229 e. The van der Waals surface area contributed by atoms with Crippen molar-refractivity contribution in [2.45, 2.75) is 32.1 Å². The summed E-state index contributed by atoms with van der Waals surface area (Å²) >= 11 is 1.47. The average molecular weight is 287 g/mol. The highest BCUT2D eigenvalue weighted by Gasteiger charge is 2.21. The van der Waals surface area contributed by atoms with Gasteiger partial charge < -0.3 is 5.32 Å². The minimum absolute atomic E-state index is 0.122. The van der Waals surface area contributed by atoms with E-state index in [0.717, 1.165) is 36.9 Å². The van der Waals surface area contributed by atoms with Gasteiger partial charge in [-0.05, 0) is 25.0 Å². The predicted molar refractivity (Wildman–Crippen MR) is 80.5 cm³/mol.